The van der Waals surface area contributed by atoms with Gasteiger partial charge in [0.1, 0.15) is 12.4 Å². The van der Waals surface area contributed by atoms with Crippen molar-refractivity contribution >= 4 is 34.6 Å². The standard InChI is InChI=1S/C19H16N4O6S/c1-28-14-8-6-13(7-9-14)20-18(25)19-22-21-16(30-19)11-29-17(24)10-12-4-2-3-5-15(12)23(26)27/h2-9H,10-11H2,1H3,(H,20,25). The molecule has 0 bridgehead atoms. The van der Waals surface area contributed by atoms with E-state index >= 15 is 0 Å². The van der Waals surface area contributed by atoms with E-state index in [1.807, 2.05) is 0 Å². The number of aromatic nitrogens is 2. The quantitative estimate of drug-likeness (QED) is 0.329. The highest BCUT2D eigenvalue weighted by atomic mass is 32.1. The highest BCUT2D eigenvalue weighted by Crippen LogP contribution is 2.20. The summed E-state index contributed by atoms with van der Waals surface area (Å²) in [6, 6.07) is 12.7. The Morgan fingerprint density at radius 1 is 1.13 bits per heavy atom. The van der Waals surface area contributed by atoms with Crippen LogP contribution >= 0.6 is 11.3 Å². The maximum Gasteiger partial charge on any atom is 0.310 e. The molecule has 0 radical (unpaired) electrons. The Morgan fingerprint density at radius 2 is 1.87 bits per heavy atom. The van der Waals surface area contributed by atoms with Gasteiger partial charge in [-0.05, 0) is 24.3 Å². The first-order chi connectivity index (χ1) is 14.5. The lowest BCUT2D eigenvalue weighted by atomic mass is 10.1. The van der Waals surface area contributed by atoms with E-state index in [1.54, 1.807) is 37.4 Å². The molecular weight excluding hydrogens is 412 g/mol. The average molecular weight is 428 g/mol. The number of nitrogens with one attached hydrogen (secondary N) is 1. The van der Waals surface area contributed by atoms with Crippen LogP contribution in [0.1, 0.15) is 20.4 Å². The van der Waals surface area contributed by atoms with E-state index in [0.717, 1.165) is 11.3 Å². The number of hydrogen-bond acceptors (Lipinski definition) is 9. The number of carbonyl (C=O) groups is 2. The molecule has 0 spiro atoms. The van der Waals surface area contributed by atoms with Crippen LogP contribution in [0.5, 0.6) is 5.75 Å². The first-order valence-electron chi connectivity index (χ1n) is 8.62. The summed E-state index contributed by atoms with van der Waals surface area (Å²) in [5.74, 6) is -0.437. The minimum Gasteiger partial charge on any atom is -0.497 e. The van der Waals surface area contributed by atoms with Crippen molar-refractivity contribution in [1.82, 2.24) is 10.2 Å². The Bertz CT molecular complexity index is 1070. The van der Waals surface area contributed by atoms with E-state index < -0.39 is 16.8 Å². The molecule has 1 N–H and O–H groups in total. The van der Waals surface area contributed by atoms with Gasteiger partial charge in [-0.1, -0.05) is 29.5 Å². The topological polar surface area (TPSA) is 134 Å². The second kappa shape index (κ2) is 9.56. The summed E-state index contributed by atoms with van der Waals surface area (Å²) < 4.78 is 10.2. The molecule has 11 heteroatoms. The van der Waals surface area contributed by atoms with Crippen LogP contribution < -0.4 is 10.1 Å². The van der Waals surface area contributed by atoms with Crippen LogP contribution in [0.15, 0.2) is 48.5 Å². The Labute approximate surface area is 174 Å². The van der Waals surface area contributed by atoms with Crippen LogP contribution in [0.4, 0.5) is 11.4 Å². The van der Waals surface area contributed by atoms with Gasteiger partial charge in [0.25, 0.3) is 11.6 Å². The van der Waals surface area contributed by atoms with E-state index in [2.05, 4.69) is 15.5 Å². The summed E-state index contributed by atoms with van der Waals surface area (Å²) in [6.45, 7) is -0.188. The summed E-state index contributed by atoms with van der Waals surface area (Å²) in [4.78, 5) is 34.7. The molecule has 154 valence electrons. The number of methoxy groups -OCH3 is 1. The van der Waals surface area contributed by atoms with Gasteiger partial charge in [-0.2, -0.15) is 0 Å². The number of rotatable bonds is 8. The average Bonchev–Trinajstić information content (AvgIpc) is 3.22. The molecule has 0 saturated carbocycles. The number of nitrogens with zero attached hydrogens (tertiary/aromatic N) is 3. The SMILES string of the molecule is COc1ccc(NC(=O)c2nnc(COC(=O)Cc3ccccc3[N+](=O)[O-])s2)cc1. The van der Waals surface area contributed by atoms with Crippen LogP contribution in [0.3, 0.4) is 0 Å². The van der Waals surface area contributed by atoms with Gasteiger partial charge in [0.2, 0.25) is 5.01 Å². The van der Waals surface area contributed by atoms with Gasteiger partial charge < -0.3 is 14.8 Å². The fraction of sp³-hybridized carbons (Fsp3) is 0.158. The second-order valence-electron chi connectivity index (χ2n) is 5.91. The zero-order valence-electron chi connectivity index (χ0n) is 15.7. The van der Waals surface area contributed by atoms with Crippen LogP contribution in [0.2, 0.25) is 0 Å². The van der Waals surface area contributed by atoms with Gasteiger partial charge in [0.05, 0.1) is 18.5 Å². The van der Waals surface area contributed by atoms with Gasteiger partial charge >= 0.3 is 5.97 Å². The smallest absolute Gasteiger partial charge is 0.310 e. The van der Waals surface area contributed by atoms with Crippen molar-refractivity contribution in [2.75, 3.05) is 12.4 Å². The molecular formula is C19H16N4O6S. The molecule has 30 heavy (non-hydrogen) atoms. The molecule has 3 aromatic rings. The van der Waals surface area contributed by atoms with Crippen molar-refractivity contribution in [1.29, 1.82) is 0 Å². The van der Waals surface area contributed by atoms with Crippen LogP contribution in [0, 0.1) is 10.1 Å². The summed E-state index contributed by atoms with van der Waals surface area (Å²) >= 11 is 0.980. The monoisotopic (exact) mass is 428 g/mol. The van der Waals surface area contributed by atoms with E-state index in [1.165, 1.54) is 18.2 Å². The van der Waals surface area contributed by atoms with E-state index in [4.69, 9.17) is 9.47 Å². The molecule has 1 heterocycles. The fourth-order valence-corrected chi connectivity index (χ4v) is 3.10. The summed E-state index contributed by atoms with van der Waals surface area (Å²) in [5.41, 5.74) is 0.667. The highest BCUT2D eigenvalue weighted by Gasteiger charge is 2.18. The van der Waals surface area contributed by atoms with Crippen LogP contribution in [0.25, 0.3) is 0 Å². The number of carbonyl (C=O) groups excluding carboxylic acids is 2. The van der Waals surface area contributed by atoms with Crippen molar-refractivity contribution in [2.24, 2.45) is 0 Å². The summed E-state index contributed by atoms with van der Waals surface area (Å²) in [7, 11) is 1.55. The van der Waals surface area contributed by atoms with Gasteiger partial charge in [-0.3, -0.25) is 19.7 Å². The Morgan fingerprint density at radius 3 is 2.57 bits per heavy atom. The molecule has 0 aliphatic carbocycles. The first-order valence-corrected chi connectivity index (χ1v) is 9.43. The lowest BCUT2D eigenvalue weighted by Crippen LogP contribution is -2.11. The maximum atomic E-state index is 12.3. The zero-order valence-corrected chi connectivity index (χ0v) is 16.5. The molecule has 2 aromatic carbocycles. The molecule has 0 aliphatic heterocycles. The van der Waals surface area contributed by atoms with Gasteiger partial charge in [0, 0.05) is 17.3 Å². The third-order valence-electron chi connectivity index (χ3n) is 3.89. The number of benzene rings is 2. The second-order valence-corrected chi connectivity index (χ2v) is 6.97. The number of nitro groups is 1. The summed E-state index contributed by atoms with van der Waals surface area (Å²) in [5, 5.41) is 21.7. The van der Waals surface area contributed by atoms with E-state index in [-0.39, 0.29) is 29.3 Å². The van der Waals surface area contributed by atoms with Crippen LogP contribution in [-0.2, 0) is 22.6 Å². The van der Waals surface area contributed by atoms with Gasteiger partial charge in [0.15, 0.2) is 5.01 Å². The zero-order chi connectivity index (χ0) is 21.5. The minimum atomic E-state index is -0.649. The van der Waals surface area contributed by atoms with E-state index in [0.29, 0.717) is 16.4 Å². The molecule has 0 aliphatic rings. The Balaban J connectivity index is 1.54. The molecule has 3 rings (SSSR count). The van der Waals surface area contributed by atoms with Crippen molar-refractivity contribution in [2.45, 2.75) is 13.0 Å². The predicted octanol–water partition coefficient (Wildman–Crippen LogP) is 2.99. The number of esters is 1. The predicted molar refractivity (Wildman–Crippen MR) is 107 cm³/mol. The number of hydrogen-bond donors (Lipinski definition) is 1. The molecule has 10 nitrogen and oxygen atoms in total. The molecule has 0 atom stereocenters. The number of amides is 1. The molecule has 1 aromatic heterocycles. The van der Waals surface area contributed by atoms with Crippen molar-refractivity contribution in [3.05, 3.63) is 74.2 Å². The van der Waals surface area contributed by atoms with E-state index in [9.17, 15) is 19.7 Å². The third kappa shape index (κ3) is 5.35. The number of nitro benzene ring substituents is 1. The number of anilines is 1. The maximum absolute atomic E-state index is 12.3. The molecule has 1 amide bonds. The lowest BCUT2D eigenvalue weighted by molar-refractivity contribution is -0.385. The van der Waals surface area contributed by atoms with Crippen LogP contribution in [-0.4, -0.2) is 34.1 Å². The largest absolute Gasteiger partial charge is 0.497 e. The van der Waals surface area contributed by atoms with Crippen molar-refractivity contribution in [3.8, 4) is 5.75 Å². The number of para-hydroxylation sites is 1. The first kappa shape index (κ1) is 20.9. The van der Waals surface area contributed by atoms with Gasteiger partial charge in [-0.15, -0.1) is 10.2 Å². The van der Waals surface area contributed by atoms with Crippen molar-refractivity contribution in [3.63, 3.8) is 0 Å². The Hall–Kier alpha value is -3.86. The molecule has 0 saturated heterocycles. The number of ether oxygens (including phenoxy) is 2. The highest BCUT2D eigenvalue weighted by molar-refractivity contribution is 7.13. The Kier molecular flexibility index (Phi) is 6.65. The van der Waals surface area contributed by atoms with Crippen molar-refractivity contribution < 1.29 is 24.0 Å². The molecule has 0 fully saturated rings. The summed E-state index contributed by atoms with van der Waals surface area (Å²) in [6.07, 6.45) is -0.249. The lowest BCUT2D eigenvalue weighted by Gasteiger charge is -2.04. The third-order valence-corrected chi connectivity index (χ3v) is 4.78. The van der Waals surface area contributed by atoms with Gasteiger partial charge in [-0.25, -0.2) is 0 Å². The minimum absolute atomic E-state index is 0.107. The normalized spacial score (nSPS) is 10.3. The fourth-order valence-electron chi connectivity index (χ4n) is 2.45. The molecule has 0 unspecified atom stereocenters.